The van der Waals surface area contributed by atoms with Crippen molar-refractivity contribution in [3.05, 3.63) is 63.1 Å². The van der Waals surface area contributed by atoms with Gasteiger partial charge in [-0.1, -0.05) is 59.8 Å². The highest BCUT2D eigenvalue weighted by Gasteiger charge is 2.41. The lowest BCUT2D eigenvalue weighted by Crippen LogP contribution is -2.40. The maximum Gasteiger partial charge on any atom is 0.216 e. The maximum absolute atomic E-state index is 12.5. The highest BCUT2D eigenvalue weighted by molar-refractivity contribution is 7.90. The Labute approximate surface area is 224 Å². The van der Waals surface area contributed by atoms with Crippen LogP contribution in [0.4, 0.5) is 5.69 Å². The van der Waals surface area contributed by atoms with Crippen LogP contribution < -0.4 is 4.90 Å². The molecule has 2 heterocycles. The molecule has 0 radical (unpaired) electrons. The van der Waals surface area contributed by atoms with E-state index in [0.29, 0.717) is 35.0 Å². The molecule has 2 aliphatic heterocycles. The Morgan fingerprint density at radius 1 is 0.771 bits per heavy atom. The molecule has 2 aromatic carbocycles. The molecule has 0 bridgehead atoms. The van der Waals surface area contributed by atoms with Gasteiger partial charge in [-0.25, -0.2) is 12.7 Å². The zero-order valence-corrected chi connectivity index (χ0v) is 23.0. The van der Waals surface area contributed by atoms with Crippen LogP contribution in [0.3, 0.4) is 0 Å². The van der Waals surface area contributed by atoms with Crippen molar-refractivity contribution in [2.45, 2.75) is 62.7 Å². The molecule has 0 spiro atoms. The van der Waals surface area contributed by atoms with E-state index in [9.17, 15) is 8.42 Å². The molecule has 3 fully saturated rings. The fourth-order valence-corrected chi connectivity index (χ4v) is 8.32. The second-order valence-corrected chi connectivity index (χ2v) is 13.9. The Kier molecular flexibility index (Phi) is 7.91. The first-order valence-corrected chi connectivity index (χ1v) is 15.4. The van der Waals surface area contributed by atoms with Crippen LogP contribution in [0.25, 0.3) is 0 Å². The van der Waals surface area contributed by atoms with E-state index in [4.69, 9.17) is 34.8 Å². The van der Waals surface area contributed by atoms with Gasteiger partial charge in [0.05, 0.1) is 22.0 Å². The van der Waals surface area contributed by atoms with E-state index < -0.39 is 10.0 Å². The fraction of sp³-hybridized carbons (Fsp3) is 0.556. The number of benzene rings is 2. The summed E-state index contributed by atoms with van der Waals surface area (Å²) < 4.78 is 26.8. The summed E-state index contributed by atoms with van der Waals surface area (Å²) in [6.45, 7) is 2.34. The fourth-order valence-electron chi connectivity index (χ4n) is 5.80. The molecule has 0 aromatic heterocycles. The zero-order chi connectivity index (χ0) is 24.6. The van der Waals surface area contributed by atoms with Gasteiger partial charge in [0.1, 0.15) is 0 Å². The predicted octanol–water partition coefficient (Wildman–Crippen LogP) is 7.59. The smallest absolute Gasteiger partial charge is 0.216 e. The molecule has 4 nitrogen and oxygen atoms in total. The van der Waals surface area contributed by atoms with Gasteiger partial charge in [0.2, 0.25) is 10.0 Å². The molecular weight excluding hydrogens is 523 g/mol. The number of piperidine rings is 2. The largest absolute Gasteiger partial charge is 0.363 e. The summed E-state index contributed by atoms with van der Waals surface area (Å²) in [6, 6.07) is 14.2. The summed E-state index contributed by atoms with van der Waals surface area (Å²) in [6.07, 6.45) is 8.22. The molecule has 2 saturated heterocycles. The highest BCUT2D eigenvalue weighted by Crippen LogP contribution is 2.43. The van der Waals surface area contributed by atoms with Crippen molar-refractivity contribution >= 4 is 50.5 Å². The standard InChI is InChI=1S/C27H33Cl3N2O2S/c28-22-5-3-21(4-6-22)27-17-20(13-16-32(27)26-10-7-23(29)18-25(26)30)2-1-19-11-14-31(15-12-19)35(33,34)24-8-9-24/h3-7,10,18-20,24,27H,1-2,8-9,11-17H2/t20?,27-/m0/s1. The third-order valence-corrected chi connectivity index (χ3v) is 11.2. The first-order valence-electron chi connectivity index (χ1n) is 12.8. The Bertz CT molecular complexity index is 1130. The summed E-state index contributed by atoms with van der Waals surface area (Å²) in [5.74, 6) is 1.25. The molecule has 3 aliphatic rings. The monoisotopic (exact) mass is 554 g/mol. The van der Waals surface area contributed by atoms with Crippen molar-refractivity contribution in [2.75, 3.05) is 24.5 Å². The Morgan fingerprint density at radius 2 is 1.40 bits per heavy atom. The van der Waals surface area contributed by atoms with Crippen molar-refractivity contribution in [3.63, 3.8) is 0 Å². The van der Waals surface area contributed by atoms with E-state index in [2.05, 4.69) is 17.0 Å². The molecule has 5 rings (SSSR count). The lowest BCUT2D eigenvalue weighted by molar-refractivity contribution is 0.235. The van der Waals surface area contributed by atoms with Crippen LogP contribution in [0.2, 0.25) is 15.1 Å². The summed E-state index contributed by atoms with van der Waals surface area (Å²) in [5.41, 5.74) is 2.28. The van der Waals surface area contributed by atoms with Crippen molar-refractivity contribution in [2.24, 2.45) is 11.8 Å². The second kappa shape index (κ2) is 10.8. The SMILES string of the molecule is O=S(=O)(C1CC1)N1CCC(CCC2CCN(c3ccc(Cl)cc3Cl)[C@H](c3ccc(Cl)cc3)C2)CC1. The minimum atomic E-state index is -3.03. The Morgan fingerprint density at radius 3 is 2.06 bits per heavy atom. The van der Waals surface area contributed by atoms with E-state index in [1.165, 1.54) is 18.4 Å². The first-order chi connectivity index (χ1) is 16.8. The van der Waals surface area contributed by atoms with Gasteiger partial charge in [0.15, 0.2) is 0 Å². The van der Waals surface area contributed by atoms with E-state index in [1.54, 1.807) is 4.31 Å². The predicted molar refractivity (Wildman–Crippen MR) is 146 cm³/mol. The highest BCUT2D eigenvalue weighted by atomic mass is 35.5. The van der Waals surface area contributed by atoms with Crippen molar-refractivity contribution in [3.8, 4) is 0 Å². The van der Waals surface area contributed by atoms with Gasteiger partial charge in [-0.2, -0.15) is 0 Å². The number of anilines is 1. The summed E-state index contributed by atoms with van der Waals surface area (Å²) >= 11 is 19.0. The van der Waals surface area contributed by atoms with Crippen molar-refractivity contribution < 1.29 is 8.42 Å². The minimum Gasteiger partial charge on any atom is -0.363 e. The number of hydrogen-bond acceptors (Lipinski definition) is 3. The van der Waals surface area contributed by atoms with E-state index in [0.717, 1.165) is 55.8 Å². The van der Waals surface area contributed by atoms with Crippen LogP contribution in [0.5, 0.6) is 0 Å². The van der Waals surface area contributed by atoms with Gasteiger partial charge in [-0.15, -0.1) is 0 Å². The molecule has 0 N–H and O–H groups in total. The Hall–Kier alpha value is -0.980. The van der Waals surface area contributed by atoms with Crippen LogP contribution in [0.1, 0.15) is 63.0 Å². The molecule has 8 heteroatoms. The number of sulfonamides is 1. The normalized spacial score (nSPS) is 24.6. The molecule has 1 aliphatic carbocycles. The molecule has 2 atom stereocenters. The summed E-state index contributed by atoms with van der Waals surface area (Å²) in [4.78, 5) is 2.42. The topological polar surface area (TPSA) is 40.6 Å². The maximum atomic E-state index is 12.5. The second-order valence-electron chi connectivity index (χ2n) is 10.4. The van der Waals surface area contributed by atoms with Gasteiger partial charge in [0, 0.05) is 29.7 Å². The molecule has 35 heavy (non-hydrogen) atoms. The third-order valence-electron chi connectivity index (χ3n) is 8.05. The summed E-state index contributed by atoms with van der Waals surface area (Å²) in [7, 11) is -3.03. The van der Waals surface area contributed by atoms with Crippen LogP contribution in [0.15, 0.2) is 42.5 Å². The van der Waals surface area contributed by atoms with Gasteiger partial charge < -0.3 is 4.90 Å². The van der Waals surface area contributed by atoms with Gasteiger partial charge in [-0.3, -0.25) is 0 Å². The van der Waals surface area contributed by atoms with Crippen LogP contribution in [-0.4, -0.2) is 37.6 Å². The molecule has 1 unspecified atom stereocenters. The van der Waals surface area contributed by atoms with E-state index in [1.807, 2.05) is 30.3 Å². The lowest BCUT2D eigenvalue weighted by Gasteiger charge is -2.42. The quantitative estimate of drug-likeness (QED) is 0.353. The first kappa shape index (κ1) is 25.7. The number of nitrogens with zero attached hydrogens (tertiary/aromatic N) is 2. The number of halogens is 3. The van der Waals surface area contributed by atoms with Crippen molar-refractivity contribution in [1.82, 2.24) is 4.31 Å². The lowest BCUT2D eigenvalue weighted by atomic mass is 9.81. The average Bonchev–Trinajstić information content (AvgIpc) is 3.70. The van der Waals surface area contributed by atoms with Gasteiger partial charge >= 0.3 is 0 Å². The van der Waals surface area contributed by atoms with E-state index >= 15 is 0 Å². The Balaban J connectivity index is 1.22. The minimum absolute atomic E-state index is 0.0943. The zero-order valence-electron chi connectivity index (χ0n) is 19.9. The average molecular weight is 556 g/mol. The van der Waals surface area contributed by atoms with Crippen LogP contribution in [0, 0.1) is 11.8 Å². The van der Waals surface area contributed by atoms with E-state index in [-0.39, 0.29) is 11.3 Å². The molecule has 190 valence electrons. The van der Waals surface area contributed by atoms with Crippen molar-refractivity contribution in [1.29, 1.82) is 0 Å². The van der Waals surface area contributed by atoms with Gasteiger partial charge in [0.25, 0.3) is 0 Å². The molecule has 2 aromatic rings. The molecular formula is C27H33Cl3N2O2S. The van der Waals surface area contributed by atoms with Crippen LogP contribution in [-0.2, 0) is 10.0 Å². The van der Waals surface area contributed by atoms with Crippen LogP contribution >= 0.6 is 34.8 Å². The summed E-state index contributed by atoms with van der Waals surface area (Å²) in [5, 5.41) is 1.98. The molecule has 0 amide bonds. The number of rotatable bonds is 7. The molecule has 1 saturated carbocycles. The third kappa shape index (κ3) is 5.96. The van der Waals surface area contributed by atoms with Gasteiger partial charge in [-0.05, 0) is 86.3 Å². The number of hydrogen-bond donors (Lipinski definition) is 0.